The molecule has 0 aliphatic rings. The summed E-state index contributed by atoms with van der Waals surface area (Å²) in [5.41, 5.74) is 1.47. The van der Waals surface area contributed by atoms with Gasteiger partial charge in [-0.05, 0) is 42.5 Å². The maximum Gasteiger partial charge on any atom is 0.196 e. The lowest BCUT2D eigenvalue weighted by molar-refractivity contribution is 0.102. The molecule has 0 atom stereocenters. The molecule has 0 aliphatic heterocycles. The predicted octanol–water partition coefficient (Wildman–Crippen LogP) is 6.36. The first kappa shape index (κ1) is 20.6. The summed E-state index contributed by atoms with van der Waals surface area (Å²) in [7, 11) is 0. The number of halogens is 3. The van der Waals surface area contributed by atoms with Gasteiger partial charge in [0.2, 0.25) is 0 Å². The standard InChI is InChI=1S/C22H14Cl2FN3OS/c23-14-10-11-16(18(24)12-14)20(29)13-30-22-27-26-21(17-8-4-5-9-19(17)25)28(22)15-6-2-1-3-7-15/h1-12H,13H2. The average molecular weight is 458 g/mol. The Kier molecular flexibility index (Phi) is 6.18. The molecule has 0 fully saturated rings. The van der Waals surface area contributed by atoms with E-state index in [1.54, 1.807) is 34.9 Å². The molecule has 8 heteroatoms. The highest BCUT2D eigenvalue weighted by Gasteiger charge is 2.20. The zero-order chi connectivity index (χ0) is 21.1. The van der Waals surface area contributed by atoms with E-state index < -0.39 is 5.82 Å². The Balaban J connectivity index is 1.68. The van der Waals surface area contributed by atoms with Gasteiger partial charge in [0.05, 0.1) is 16.3 Å². The Morgan fingerprint density at radius 3 is 2.43 bits per heavy atom. The first-order valence-electron chi connectivity index (χ1n) is 8.91. The van der Waals surface area contributed by atoms with E-state index >= 15 is 0 Å². The van der Waals surface area contributed by atoms with Gasteiger partial charge in [-0.2, -0.15) is 0 Å². The van der Waals surface area contributed by atoms with Crippen molar-refractivity contribution in [1.82, 2.24) is 14.8 Å². The molecule has 1 heterocycles. The van der Waals surface area contributed by atoms with E-state index in [0.717, 1.165) is 5.69 Å². The largest absolute Gasteiger partial charge is 0.293 e. The highest BCUT2D eigenvalue weighted by atomic mass is 35.5. The maximum absolute atomic E-state index is 14.4. The summed E-state index contributed by atoms with van der Waals surface area (Å²) in [5, 5.41) is 9.64. The number of Topliss-reactive ketones (excluding diaryl/α,β-unsaturated/α-hetero) is 1. The van der Waals surface area contributed by atoms with Gasteiger partial charge in [-0.3, -0.25) is 9.36 Å². The van der Waals surface area contributed by atoms with Crippen LogP contribution in [0.3, 0.4) is 0 Å². The molecule has 4 nitrogen and oxygen atoms in total. The quantitative estimate of drug-likeness (QED) is 0.249. The number of benzene rings is 3. The lowest BCUT2D eigenvalue weighted by Gasteiger charge is -2.11. The molecule has 4 rings (SSSR count). The van der Waals surface area contributed by atoms with Crippen LogP contribution in [0.15, 0.2) is 78.0 Å². The minimum atomic E-state index is -0.400. The second kappa shape index (κ2) is 9.00. The molecular formula is C22H14Cl2FN3OS. The molecule has 0 radical (unpaired) electrons. The molecule has 0 aliphatic carbocycles. The molecule has 0 unspecified atom stereocenters. The van der Waals surface area contributed by atoms with Crippen molar-refractivity contribution in [1.29, 1.82) is 0 Å². The molecule has 0 saturated heterocycles. The Hall–Kier alpha value is -2.67. The van der Waals surface area contributed by atoms with Crippen LogP contribution >= 0.6 is 35.0 Å². The number of carbonyl (C=O) groups excluding carboxylic acids is 1. The lowest BCUT2D eigenvalue weighted by Crippen LogP contribution is -2.06. The molecule has 0 N–H and O–H groups in total. The van der Waals surface area contributed by atoms with Crippen LogP contribution in [0.1, 0.15) is 10.4 Å². The van der Waals surface area contributed by atoms with Gasteiger partial charge in [-0.25, -0.2) is 4.39 Å². The van der Waals surface area contributed by atoms with Crippen LogP contribution in [-0.2, 0) is 0 Å². The number of hydrogen-bond donors (Lipinski definition) is 0. The Labute approximate surface area is 186 Å². The first-order valence-corrected chi connectivity index (χ1v) is 10.7. The molecular weight excluding hydrogens is 444 g/mol. The number of rotatable bonds is 6. The third-order valence-electron chi connectivity index (χ3n) is 4.33. The summed E-state index contributed by atoms with van der Waals surface area (Å²) >= 11 is 13.3. The third-order valence-corrected chi connectivity index (χ3v) is 5.80. The third kappa shape index (κ3) is 4.26. The van der Waals surface area contributed by atoms with E-state index in [1.165, 1.54) is 23.9 Å². The van der Waals surface area contributed by atoms with E-state index in [-0.39, 0.29) is 11.5 Å². The zero-order valence-corrected chi connectivity index (χ0v) is 17.8. The summed E-state index contributed by atoms with van der Waals surface area (Å²) < 4.78 is 16.2. The molecule has 150 valence electrons. The number of ketones is 1. The zero-order valence-electron chi connectivity index (χ0n) is 15.4. The van der Waals surface area contributed by atoms with Crippen molar-refractivity contribution >= 4 is 40.7 Å². The minimum Gasteiger partial charge on any atom is -0.293 e. The highest BCUT2D eigenvalue weighted by Crippen LogP contribution is 2.30. The summed E-state index contributed by atoms with van der Waals surface area (Å²) in [6.45, 7) is 0. The topological polar surface area (TPSA) is 47.8 Å². The minimum absolute atomic E-state index is 0.0869. The molecule has 0 bridgehead atoms. The molecule has 0 amide bonds. The van der Waals surface area contributed by atoms with Gasteiger partial charge >= 0.3 is 0 Å². The van der Waals surface area contributed by atoms with Crippen molar-refractivity contribution in [3.8, 4) is 17.1 Å². The van der Waals surface area contributed by atoms with Gasteiger partial charge in [0.25, 0.3) is 0 Å². The number of hydrogen-bond acceptors (Lipinski definition) is 4. The summed E-state index contributed by atoms with van der Waals surface area (Å²) in [6, 6.07) is 20.5. The SMILES string of the molecule is O=C(CSc1nnc(-c2ccccc2F)n1-c1ccccc1)c1ccc(Cl)cc1Cl. The van der Waals surface area contributed by atoms with Crippen molar-refractivity contribution in [2.75, 3.05) is 5.75 Å². The Morgan fingerprint density at radius 1 is 0.967 bits per heavy atom. The van der Waals surface area contributed by atoms with Crippen LogP contribution in [0.5, 0.6) is 0 Å². The van der Waals surface area contributed by atoms with Crippen LogP contribution in [0, 0.1) is 5.82 Å². The lowest BCUT2D eigenvalue weighted by atomic mass is 10.1. The van der Waals surface area contributed by atoms with Gasteiger partial charge in [0, 0.05) is 16.3 Å². The average Bonchev–Trinajstić information content (AvgIpc) is 3.16. The van der Waals surface area contributed by atoms with Gasteiger partial charge < -0.3 is 0 Å². The van der Waals surface area contributed by atoms with Crippen molar-refractivity contribution in [2.45, 2.75) is 5.16 Å². The van der Waals surface area contributed by atoms with Crippen molar-refractivity contribution in [2.24, 2.45) is 0 Å². The number of aromatic nitrogens is 3. The van der Waals surface area contributed by atoms with Crippen LogP contribution in [0.25, 0.3) is 17.1 Å². The molecule has 0 spiro atoms. The van der Waals surface area contributed by atoms with Crippen molar-refractivity contribution < 1.29 is 9.18 Å². The normalized spacial score (nSPS) is 10.9. The first-order chi connectivity index (χ1) is 14.5. The fourth-order valence-corrected chi connectivity index (χ4v) is 4.26. The number of para-hydroxylation sites is 1. The Morgan fingerprint density at radius 2 is 1.70 bits per heavy atom. The smallest absolute Gasteiger partial charge is 0.196 e. The van der Waals surface area contributed by atoms with Crippen LogP contribution in [0.2, 0.25) is 10.0 Å². The van der Waals surface area contributed by atoms with Gasteiger partial charge in [0.1, 0.15) is 5.82 Å². The molecule has 1 aromatic heterocycles. The van der Waals surface area contributed by atoms with Gasteiger partial charge in [0.15, 0.2) is 16.8 Å². The predicted molar refractivity (Wildman–Crippen MR) is 118 cm³/mol. The molecule has 30 heavy (non-hydrogen) atoms. The maximum atomic E-state index is 14.4. The van der Waals surface area contributed by atoms with E-state index in [1.807, 2.05) is 30.3 Å². The molecule has 0 saturated carbocycles. The fourth-order valence-electron chi connectivity index (χ4n) is 2.91. The van der Waals surface area contributed by atoms with Crippen molar-refractivity contribution in [3.05, 3.63) is 94.2 Å². The summed E-state index contributed by atoms with van der Waals surface area (Å²) in [5.74, 6) is -0.123. The second-order valence-electron chi connectivity index (χ2n) is 6.29. The van der Waals surface area contributed by atoms with Crippen LogP contribution in [-0.4, -0.2) is 26.3 Å². The fraction of sp³-hybridized carbons (Fsp3) is 0.0455. The number of carbonyl (C=O) groups is 1. The van der Waals surface area contributed by atoms with Crippen LogP contribution in [0.4, 0.5) is 4.39 Å². The highest BCUT2D eigenvalue weighted by molar-refractivity contribution is 7.99. The van der Waals surface area contributed by atoms with Gasteiger partial charge in [-0.15, -0.1) is 10.2 Å². The second-order valence-corrected chi connectivity index (χ2v) is 8.08. The monoisotopic (exact) mass is 457 g/mol. The molecule has 4 aromatic rings. The summed E-state index contributed by atoms with van der Waals surface area (Å²) in [4.78, 5) is 12.7. The summed E-state index contributed by atoms with van der Waals surface area (Å²) in [6.07, 6.45) is 0. The van der Waals surface area contributed by atoms with Crippen LogP contribution < -0.4 is 0 Å². The van der Waals surface area contributed by atoms with Gasteiger partial charge in [-0.1, -0.05) is 65.3 Å². The molecule has 3 aromatic carbocycles. The van der Waals surface area contributed by atoms with E-state index in [2.05, 4.69) is 10.2 Å². The van der Waals surface area contributed by atoms with E-state index in [4.69, 9.17) is 23.2 Å². The van der Waals surface area contributed by atoms with E-state index in [9.17, 15) is 9.18 Å². The van der Waals surface area contributed by atoms with E-state index in [0.29, 0.717) is 32.2 Å². The van der Waals surface area contributed by atoms with Crippen molar-refractivity contribution in [3.63, 3.8) is 0 Å². The number of nitrogens with zero attached hydrogens (tertiary/aromatic N) is 3. The number of thioether (sulfide) groups is 1. The Bertz CT molecular complexity index is 1210.